The molecule has 0 aliphatic heterocycles. The summed E-state index contributed by atoms with van der Waals surface area (Å²) >= 11 is 0. The average Bonchev–Trinajstić information content (AvgIpc) is 2.60. The number of rotatable bonds is 5. The number of para-hydroxylation sites is 1. The van der Waals surface area contributed by atoms with Gasteiger partial charge in [-0.3, -0.25) is 9.78 Å². The maximum absolute atomic E-state index is 13.7. The van der Waals surface area contributed by atoms with Crippen LogP contribution in [0.15, 0.2) is 54.6 Å². The predicted octanol–water partition coefficient (Wildman–Crippen LogP) is 2.94. The molecule has 26 heavy (non-hydrogen) atoms. The van der Waals surface area contributed by atoms with Crippen molar-refractivity contribution in [3.63, 3.8) is 0 Å². The fourth-order valence-electron chi connectivity index (χ4n) is 2.54. The summed E-state index contributed by atoms with van der Waals surface area (Å²) in [6, 6.07) is 12.0. The van der Waals surface area contributed by atoms with Crippen LogP contribution in [-0.2, 0) is 11.2 Å². The number of carbonyl (C=O) groups is 2. The van der Waals surface area contributed by atoms with E-state index in [9.17, 15) is 23.5 Å². The van der Waals surface area contributed by atoms with Gasteiger partial charge in [-0.1, -0.05) is 24.3 Å². The molecule has 2 N–H and O–H groups in total. The van der Waals surface area contributed by atoms with Gasteiger partial charge in [0.15, 0.2) is 0 Å². The number of pyridine rings is 1. The molecular weight excluding hydrogens is 342 g/mol. The van der Waals surface area contributed by atoms with Gasteiger partial charge in [0.05, 0.1) is 11.1 Å². The number of amides is 1. The summed E-state index contributed by atoms with van der Waals surface area (Å²) in [5.41, 5.74) is 0.741. The van der Waals surface area contributed by atoms with E-state index in [0.717, 1.165) is 17.5 Å². The minimum Gasteiger partial charge on any atom is -0.480 e. The van der Waals surface area contributed by atoms with Gasteiger partial charge >= 0.3 is 5.97 Å². The number of nitrogens with zero attached hydrogens (tertiary/aromatic N) is 1. The van der Waals surface area contributed by atoms with Crippen molar-refractivity contribution in [2.45, 2.75) is 12.5 Å². The second kappa shape index (κ2) is 7.26. The van der Waals surface area contributed by atoms with E-state index in [0.29, 0.717) is 17.3 Å². The van der Waals surface area contributed by atoms with Crippen LogP contribution in [-0.4, -0.2) is 28.0 Å². The van der Waals surface area contributed by atoms with Crippen molar-refractivity contribution in [1.29, 1.82) is 0 Å². The maximum Gasteiger partial charge on any atom is 0.326 e. The number of carboxylic acid groups (broad SMARTS) is 1. The quantitative estimate of drug-likeness (QED) is 0.737. The Morgan fingerprint density at radius 3 is 2.58 bits per heavy atom. The molecule has 1 aromatic heterocycles. The zero-order chi connectivity index (χ0) is 18.7. The average molecular weight is 356 g/mol. The standard InChI is InChI=1S/C19H14F2N2O3/c20-12-6-8-14(15(21)9-12)18(24)23-17(19(25)26)10-13-7-5-11-3-1-2-4-16(11)22-13/h1-9,17H,10H2,(H,23,24)(H,25,26)/t17-/m0/s1. The largest absolute Gasteiger partial charge is 0.480 e. The second-order valence-electron chi connectivity index (χ2n) is 5.69. The van der Waals surface area contributed by atoms with Crippen LogP contribution >= 0.6 is 0 Å². The third-order valence-corrected chi connectivity index (χ3v) is 3.85. The van der Waals surface area contributed by atoms with E-state index in [1.807, 2.05) is 18.2 Å². The third kappa shape index (κ3) is 3.83. The summed E-state index contributed by atoms with van der Waals surface area (Å²) in [5.74, 6) is -4.10. The van der Waals surface area contributed by atoms with Crippen LogP contribution in [0.1, 0.15) is 16.1 Å². The molecule has 3 rings (SSSR count). The Hall–Kier alpha value is -3.35. The smallest absolute Gasteiger partial charge is 0.326 e. The summed E-state index contributed by atoms with van der Waals surface area (Å²) in [7, 11) is 0. The maximum atomic E-state index is 13.7. The fraction of sp³-hybridized carbons (Fsp3) is 0.105. The van der Waals surface area contributed by atoms with Gasteiger partial charge in [-0.2, -0.15) is 0 Å². The van der Waals surface area contributed by atoms with Crippen molar-refractivity contribution < 1.29 is 23.5 Å². The van der Waals surface area contributed by atoms with E-state index in [-0.39, 0.29) is 6.42 Å². The van der Waals surface area contributed by atoms with Crippen molar-refractivity contribution in [3.8, 4) is 0 Å². The molecule has 132 valence electrons. The molecule has 0 bridgehead atoms. The molecule has 5 nitrogen and oxygen atoms in total. The van der Waals surface area contributed by atoms with Crippen LogP contribution in [0, 0.1) is 11.6 Å². The van der Waals surface area contributed by atoms with Gasteiger partial charge in [-0.25, -0.2) is 13.6 Å². The third-order valence-electron chi connectivity index (χ3n) is 3.85. The molecule has 7 heteroatoms. The van der Waals surface area contributed by atoms with E-state index >= 15 is 0 Å². The highest BCUT2D eigenvalue weighted by molar-refractivity contribution is 5.96. The first-order valence-electron chi connectivity index (χ1n) is 7.77. The lowest BCUT2D eigenvalue weighted by atomic mass is 10.1. The number of hydrogen-bond donors (Lipinski definition) is 2. The first-order valence-corrected chi connectivity index (χ1v) is 7.77. The van der Waals surface area contributed by atoms with Crippen LogP contribution in [0.4, 0.5) is 8.78 Å². The molecule has 0 spiro atoms. The topological polar surface area (TPSA) is 79.3 Å². The number of fused-ring (bicyclic) bond motifs is 1. The summed E-state index contributed by atoms with van der Waals surface area (Å²) in [6.07, 6.45) is -0.0747. The van der Waals surface area contributed by atoms with Gasteiger partial charge in [0, 0.05) is 23.6 Å². The number of carboxylic acids is 1. The second-order valence-corrected chi connectivity index (χ2v) is 5.69. The SMILES string of the molecule is O=C(N[C@@H](Cc1ccc2ccccc2n1)C(=O)O)c1ccc(F)cc1F. The normalized spacial score (nSPS) is 11.9. The van der Waals surface area contributed by atoms with Crippen molar-refractivity contribution in [2.24, 2.45) is 0 Å². The summed E-state index contributed by atoms with van der Waals surface area (Å²) in [4.78, 5) is 28.0. The Morgan fingerprint density at radius 2 is 1.85 bits per heavy atom. The van der Waals surface area contributed by atoms with Gasteiger partial charge in [-0.15, -0.1) is 0 Å². The van der Waals surface area contributed by atoms with Gasteiger partial charge in [-0.05, 0) is 24.3 Å². The minimum absolute atomic E-state index is 0.0747. The molecule has 0 fully saturated rings. The molecule has 0 aliphatic carbocycles. The van der Waals surface area contributed by atoms with E-state index in [1.54, 1.807) is 18.2 Å². The molecule has 0 aliphatic rings. The van der Waals surface area contributed by atoms with Crippen LogP contribution < -0.4 is 5.32 Å². The molecular formula is C19H14F2N2O3. The summed E-state index contributed by atoms with van der Waals surface area (Å²) < 4.78 is 26.6. The zero-order valence-corrected chi connectivity index (χ0v) is 13.4. The molecule has 1 heterocycles. The molecule has 1 amide bonds. The number of aliphatic carboxylic acids is 1. The highest BCUT2D eigenvalue weighted by Crippen LogP contribution is 2.14. The Balaban J connectivity index is 1.80. The van der Waals surface area contributed by atoms with Crippen molar-refractivity contribution >= 4 is 22.8 Å². The van der Waals surface area contributed by atoms with Crippen LogP contribution in [0.25, 0.3) is 10.9 Å². The molecule has 0 saturated heterocycles. The van der Waals surface area contributed by atoms with Crippen molar-refractivity contribution in [1.82, 2.24) is 10.3 Å². The number of nitrogens with one attached hydrogen (secondary N) is 1. The first-order chi connectivity index (χ1) is 12.4. The van der Waals surface area contributed by atoms with Gasteiger partial charge in [0.1, 0.15) is 17.7 Å². The fourth-order valence-corrected chi connectivity index (χ4v) is 2.54. The highest BCUT2D eigenvalue weighted by atomic mass is 19.1. The van der Waals surface area contributed by atoms with Crippen molar-refractivity contribution in [3.05, 3.63) is 77.5 Å². The lowest BCUT2D eigenvalue weighted by Crippen LogP contribution is -2.42. The molecule has 2 aromatic carbocycles. The minimum atomic E-state index is -1.30. The Morgan fingerprint density at radius 1 is 1.08 bits per heavy atom. The van der Waals surface area contributed by atoms with E-state index < -0.39 is 35.1 Å². The molecule has 0 saturated carbocycles. The summed E-state index contributed by atoms with van der Waals surface area (Å²) in [6.45, 7) is 0. The van der Waals surface area contributed by atoms with Gasteiger partial charge < -0.3 is 10.4 Å². The Bertz CT molecular complexity index is 991. The number of hydrogen-bond acceptors (Lipinski definition) is 3. The zero-order valence-electron chi connectivity index (χ0n) is 13.4. The van der Waals surface area contributed by atoms with Crippen LogP contribution in [0.3, 0.4) is 0 Å². The molecule has 3 aromatic rings. The van der Waals surface area contributed by atoms with E-state index in [4.69, 9.17) is 0 Å². The monoisotopic (exact) mass is 356 g/mol. The van der Waals surface area contributed by atoms with E-state index in [1.165, 1.54) is 0 Å². The number of aromatic nitrogens is 1. The lowest BCUT2D eigenvalue weighted by molar-refractivity contribution is -0.139. The lowest BCUT2D eigenvalue weighted by Gasteiger charge is -2.15. The van der Waals surface area contributed by atoms with Crippen molar-refractivity contribution in [2.75, 3.05) is 0 Å². The first kappa shape index (κ1) is 17.5. The summed E-state index contributed by atoms with van der Waals surface area (Å²) in [5, 5.41) is 12.5. The van der Waals surface area contributed by atoms with Gasteiger partial charge in [0.25, 0.3) is 5.91 Å². The predicted molar refractivity (Wildman–Crippen MR) is 90.7 cm³/mol. The number of halogens is 2. The Labute approximate surface area is 147 Å². The van der Waals surface area contributed by atoms with Crippen LogP contribution in [0.5, 0.6) is 0 Å². The molecule has 0 unspecified atom stereocenters. The highest BCUT2D eigenvalue weighted by Gasteiger charge is 2.23. The van der Waals surface area contributed by atoms with Gasteiger partial charge in [0.2, 0.25) is 0 Å². The number of benzene rings is 2. The van der Waals surface area contributed by atoms with E-state index in [2.05, 4.69) is 10.3 Å². The molecule has 1 atom stereocenters. The number of carbonyl (C=O) groups excluding carboxylic acids is 1. The molecule has 0 radical (unpaired) electrons. The van der Waals surface area contributed by atoms with Crippen LogP contribution in [0.2, 0.25) is 0 Å². The Kier molecular flexibility index (Phi) is 4.88.